The Bertz CT molecular complexity index is 718. The molecule has 0 saturated carbocycles. The standard InChI is InChI=1S/C19H30N6S/c1-14(2)10-16-7-8-25(13-16)19(20-11-17-6-5-9-26-17)21-12-18-23-22-15(3)24(18)4/h5-6,9,14,16H,7-8,10-13H2,1-4H3,(H,20,21). The Hall–Kier alpha value is -1.89. The second-order valence-electron chi connectivity index (χ2n) is 7.53. The molecular weight excluding hydrogens is 344 g/mol. The summed E-state index contributed by atoms with van der Waals surface area (Å²) in [6, 6.07) is 4.25. The van der Waals surface area contributed by atoms with E-state index in [1.165, 1.54) is 17.7 Å². The molecule has 0 amide bonds. The van der Waals surface area contributed by atoms with Gasteiger partial charge in [-0.1, -0.05) is 19.9 Å². The number of guanidine groups is 1. The van der Waals surface area contributed by atoms with Crippen LogP contribution < -0.4 is 5.32 Å². The normalized spacial score (nSPS) is 18.1. The summed E-state index contributed by atoms with van der Waals surface area (Å²) in [6.07, 6.45) is 2.54. The first kappa shape index (κ1) is 18.9. The van der Waals surface area contributed by atoms with Crippen LogP contribution in [-0.4, -0.2) is 38.7 Å². The molecule has 3 rings (SSSR count). The van der Waals surface area contributed by atoms with Gasteiger partial charge in [-0.3, -0.25) is 0 Å². The molecule has 2 aromatic heterocycles. The van der Waals surface area contributed by atoms with Crippen molar-refractivity contribution >= 4 is 17.3 Å². The van der Waals surface area contributed by atoms with Crippen LogP contribution in [0.1, 0.15) is 43.2 Å². The molecule has 0 bridgehead atoms. The van der Waals surface area contributed by atoms with Crippen molar-refractivity contribution in [3.63, 3.8) is 0 Å². The third-order valence-corrected chi connectivity index (χ3v) is 5.82. The van der Waals surface area contributed by atoms with Gasteiger partial charge in [-0.05, 0) is 43.0 Å². The fourth-order valence-corrected chi connectivity index (χ4v) is 4.11. The molecule has 0 spiro atoms. The SMILES string of the molecule is Cc1nnc(CN=C(NCc2cccs2)N2CCC(CC(C)C)C2)n1C. The molecular formula is C19H30N6S. The largest absolute Gasteiger partial charge is 0.351 e. The zero-order chi connectivity index (χ0) is 18.5. The van der Waals surface area contributed by atoms with Crippen molar-refractivity contribution in [2.45, 2.75) is 46.7 Å². The molecule has 1 saturated heterocycles. The molecule has 3 heterocycles. The summed E-state index contributed by atoms with van der Waals surface area (Å²) < 4.78 is 2.01. The average Bonchev–Trinajstić information content (AvgIpc) is 3.33. The van der Waals surface area contributed by atoms with Gasteiger partial charge in [-0.2, -0.15) is 0 Å². The van der Waals surface area contributed by atoms with Crippen LogP contribution in [0.15, 0.2) is 22.5 Å². The van der Waals surface area contributed by atoms with Crippen LogP contribution in [-0.2, 0) is 20.1 Å². The van der Waals surface area contributed by atoms with Crippen molar-refractivity contribution in [3.8, 4) is 0 Å². The predicted molar refractivity (Wildman–Crippen MR) is 107 cm³/mol. The molecule has 1 unspecified atom stereocenters. The summed E-state index contributed by atoms with van der Waals surface area (Å²) >= 11 is 1.77. The Morgan fingerprint density at radius 2 is 2.27 bits per heavy atom. The monoisotopic (exact) mass is 374 g/mol. The van der Waals surface area contributed by atoms with Gasteiger partial charge >= 0.3 is 0 Å². The van der Waals surface area contributed by atoms with Crippen LogP contribution >= 0.6 is 11.3 Å². The van der Waals surface area contributed by atoms with Crippen molar-refractivity contribution in [1.29, 1.82) is 0 Å². The summed E-state index contributed by atoms with van der Waals surface area (Å²) in [5.74, 6) is 4.32. The van der Waals surface area contributed by atoms with E-state index in [4.69, 9.17) is 4.99 Å². The first-order valence-corrected chi connectivity index (χ1v) is 10.3. The highest BCUT2D eigenvalue weighted by Gasteiger charge is 2.25. The predicted octanol–water partition coefficient (Wildman–Crippen LogP) is 3.20. The van der Waals surface area contributed by atoms with E-state index >= 15 is 0 Å². The molecule has 2 aromatic rings. The van der Waals surface area contributed by atoms with E-state index in [-0.39, 0.29) is 0 Å². The van der Waals surface area contributed by atoms with Crippen LogP contribution in [0.3, 0.4) is 0 Å². The highest BCUT2D eigenvalue weighted by atomic mass is 32.1. The quantitative estimate of drug-likeness (QED) is 0.623. The number of likely N-dealkylation sites (tertiary alicyclic amines) is 1. The lowest BCUT2D eigenvalue weighted by Gasteiger charge is -2.22. The Kier molecular flexibility index (Phi) is 6.29. The van der Waals surface area contributed by atoms with Gasteiger partial charge in [0.05, 0.1) is 6.54 Å². The maximum atomic E-state index is 4.88. The maximum Gasteiger partial charge on any atom is 0.194 e. The van der Waals surface area contributed by atoms with E-state index in [2.05, 4.69) is 51.8 Å². The highest BCUT2D eigenvalue weighted by Crippen LogP contribution is 2.23. The van der Waals surface area contributed by atoms with E-state index in [0.717, 1.165) is 49.1 Å². The highest BCUT2D eigenvalue weighted by molar-refractivity contribution is 7.09. The van der Waals surface area contributed by atoms with E-state index in [0.29, 0.717) is 6.54 Å². The minimum atomic E-state index is 0.551. The number of rotatable bonds is 6. The number of hydrogen-bond donors (Lipinski definition) is 1. The van der Waals surface area contributed by atoms with Gasteiger partial charge in [0.15, 0.2) is 11.8 Å². The molecule has 1 fully saturated rings. The van der Waals surface area contributed by atoms with Gasteiger partial charge in [-0.25, -0.2) is 4.99 Å². The maximum absolute atomic E-state index is 4.88. The lowest BCUT2D eigenvalue weighted by Crippen LogP contribution is -2.39. The second-order valence-corrected chi connectivity index (χ2v) is 8.56. The molecule has 6 nitrogen and oxygen atoms in total. The molecule has 0 aromatic carbocycles. The van der Waals surface area contributed by atoms with Crippen molar-refractivity contribution < 1.29 is 0 Å². The molecule has 142 valence electrons. The van der Waals surface area contributed by atoms with Gasteiger partial charge < -0.3 is 14.8 Å². The fraction of sp³-hybridized carbons (Fsp3) is 0.632. The number of thiophene rings is 1. The van der Waals surface area contributed by atoms with Crippen molar-refractivity contribution in [2.24, 2.45) is 23.9 Å². The summed E-state index contributed by atoms with van der Waals surface area (Å²) in [6.45, 7) is 10.1. The zero-order valence-corrected chi connectivity index (χ0v) is 17.1. The molecule has 7 heteroatoms. The van der Waals surface area contributed by atoms with Gasteiger partial charge in [0.2, 0.25) is 0 Å². The smallest absolute Gasteiger partial charge is 0.194 e. The number of aryl methyl sites for hydroxylation is 1. The zero-order valence-electron chi connectivity index (χ0n) is 16.3. The van der Waals surface area contributed by atoms with Crippen LogP contribution in [0.5, 0.6) is 0 Å². The molecule has 1 atom stereocenters. The minimum Gasteiger partial charge on any atom is -0.351 e. The van der Waals surface area contributed by atoms with Gasteiger partial charge in [0, 0.05) is 25.0 Å². The summed E-state index contributed by atoms with van der Waals surface area (Å²) in [7, 11) is 1.99. The van der Waals surface area contributed by atoms with E-state index in [9.17, 15) is 0 Å². The van der Waals surface area contributed by atoms with Gasteiger partial charge in [0.25, 0.3) is 0 Å². The molecule has 1 aliphatic rings. The Morgan fingerprint density at radius 3 is 2.92 bits per heavy atom. The summed E-state index contributed by atoms with van der Waals surface area (Å²) in [5, 5.41) is 14.1. The van der Waals surface area contributed by atoms with Crippen LogP contribution in [0.4, 0.5) is 0 Å². The topological polar surface area (TPSA) is 58.3 Å². The average molecular weight is 375 g/mol. The van der Waals surface area contributed by atoms with Crippen LogP contribution in [0, 0.1) is 18.8 Å². The summed E-state index contributed by atoms with van der Waals surface area (Å²) in [4.78, 5) is 8.61. The number of aliphatic imine (C=N–C) groups is 1. The van der Waals surface area contributed by atoms with E-state index < -0.39 is 0 Å². The van der Waals surface area contributed by atoms with Crippen LogP contribution in [0.2, 0.25) is 0 Å². The lowest BCUT2D eigenvalue weighted by atomic mass is 9.97. The molecule has 0 radical (unpaired) electrons. The second kappa shape index (κ2) is 8.66. The number of nitrogens with one attached hydrogen (secondary N) is 1. The van der Waals surface area contributed by atoms with Crippen molar-refractivity contribution in [3.05, 3.63) is 34.0 Å². The van der Waals surface area contributed by atoms with Crippen molar-refractivity contribution in [2.75, 3.05) is 13.1 Å². The molecule has 26 heavy (non-hydrogen) atoms. The van der Waals surface area contributed by atoms with Gasteiger partial charge in [0.1, 0.15) is 12.4 Å². The molecule has 1 N–H and O–H groups in total. The fourth-order valence-electron chi connectivity index (χ4n) is 3.47. The van der Waals surface area contributed by atoms with Crippen LogP contribution in [0.25, 0.3) is 0 Å². The minimum absolute atomic E-state index is 0.551. The lowest BCUT2D eigenvalue weighted by molar-refractivity contribution is 0.403. The number of hydrogen-bond acceptors (Lipinski definition) is 4. The summed E-state index contributed by atoms with van der Waals surface area (Å²) in [5.41, 5.74) is 0. The first-order valence-electron chi connectivity index (χ1n) is 9.43. The third-order valence-electron chi connectivity index (χ3n) is 4.94. The molecule has 0 aliphatic carbocycles. The third kappa shape index (κ3) is 4.84. The molecule has 1 aliphatic heterocycles. The number of aromatic nitrogens is 3. The Labute approximate surface area is 160 Å². The Balaban J connectivity index is 1.68. The Morgan fingerprint density at radius 1 is 1.42 bits per heavy atom. The van der Waals surface area contributed by atoms with Crippen molar-refractivity contribution in [1.82, 2.24) is 25.0 Å². The van der Waals surface area contributed by atoms with E-state index in [1.807, 2.05) is 18.5 Å². The van der Waals surface area contributed by atoms with Gasteiger partial charge in [-0.15, -0.1) is 21.5 Å². The number of nitrogens with zero attached hydrogens (tertiary/aromatic N) is 5. The first-order chi connectivity index (χ1) is 12.5. The van der Waals surface area contributed by atoms with E-state index in [1.54, 1.807) is 11.3 Å².